The van der Waals surface area contributed by atoms with Crippen LogP contribution in [-0.2, 0) is 11.3 Å². The van der Waals surface area contributed by atoms with Crippen molar-refractivity contribution in [3.8, 4) is 22.5 Å². The van der Waals surface area contributed by atoms with Gasteiger partial charge in [0, 0.05) is 18.7 Å². The number of aliphatic carboxylic acids is 1. The molecule has 1 atom stereocenters. The van der Waals surface area contributed by atoms with Crippen LogP contribution in [0.2, 0.25) is 0 Å². The van der Waals surface area contributed by atoms with Gasteiger partial charge in [0.25, 0.3) is 0 Å². The molecular weight excluding hydrogens is 436 g/mol. The molecule has 1 aromatic heterocycles. The van der Waals surface area contributed by atoms with Gasteiger partial charge in [-0.3, -0.25) is 0 Å². The Morgan fingerprint density at radius 2 is 1.85 bits per heavy atom. The van der Waals surface area contributed by atoms with Crippen molar-refractivity contribution < 1.29 is 9.90 Å². The van der Waals surface area contributed by atoms with Crippen LogP contribution in [0.4, 0.5) is 0 Å². The molecule has 1 heterocycles. The van der Waals surface area contributed by atoms with Gasteiger partial charge in [0.15, 0.2) is 5.11 Å². The van der Waals surface area contributed by atoms with Crippen LogP contribution in [-0.4, -0.2) is 54.3 Å². The van der Waals surface area contributed by atoms with E-state index >= 15 is 0 Å². The van der Waals surface area contributed by atoms with Gasteiger partial charge >= 0.3 is 5.97 Å². The van der Waals surface area contributed by atoms with Crippen LogP contribution in [0.5, 0.6) is 0 Å². The molecule has 0 fully saturated rings. The standard InChI is InChI=1S/C24H30N6O2S/c1-4-5-14-30(24(33)25-21(16(2)3)23(31)32)15-17-10-12-18(13-11-17)19-8-6-7-9-20(19)22-26-28-29-27-22/h6-13,16,21H,4-5,14-15H2,1-3H3,(H,25,33)(H,31,32)(H,26,27,28,29). The molecule has 9 heteroatoms. The number of carbonyl (C=O) groups is 1. The topological polar surface area (TPSA) is 107 Å². The summed E-state index contributed by atoms with van der Waals surface area (Å²) in [6.07, 6.45) is 1.99. The second kappa shape index (κ2) is 11.5. The normalized spacial score (nSPS) is 11.9. The highest BCUT2D eigenvalue weighted by molar-refractivity contribution is 7.80. The minimum atomic E-state index is -0.896. The van der Waals surface area contributed by atoms with E-state index < -0.39 is 12.0 Å². The number of rotatable bonds is 10. The first-order chi connectivity index (χ1) is 15.9. The first-order valence-electron chi connectivity index (χ1n) is 11.1. The van der Waals surface area contributed by atoms with Crippen LogP contribution in [0.3, 0.4) is 0 Å². The van der Waals surface area contributed by atoms with Crippen LogP contribution in [0.25, 0.3) is 22.5 Å². The van der Waals surface area contributed by atoms with Crippen molar-refractivity contribution in [3.05, 3.63) is 54.1 Å². The lowest BCUT2D eigenvalue weighted by atomic mass is 9.98. The van der Waals surface area contributed by atoms with Gasteiger partial charge in [-0.05, 0) is 46.5 Å². The van der Waals surface area contributed by atoms with E-state index in [4.69, 9.17) is 12.2 Å². The molecule has 0 saturated carbocycles. The van der Waals surface area contributed by atoms with Gasteiger partial charge in [-0.2, -0.15) is 5.21 Å². The summed E-state index contributed by atoms with van der Waals surface area (Å²) in [5.41, 5.74) is 4.06. The van der Waals surface area contributed by atoms with Gasteiger partial charge < -0.3 is 15.3 Å². The molecule has 0 saturated heterocycles. The number of H-pyrrole nitrogens is 1. The number of carboxylic acid groups (broad SMARTS) is 1. The number of carboxylic acids is 1. The molecule has 174 valence electrons. The Hall–Kier alpha value is -3.33. The van der Waals surface area contributed by atoms with Crippen molar-refractivity contribution in [1.82, 2.24) is 30.8 Å². The summed E-state index contributed by atoms with van der Waals surface area (Å²) < 4.78 is 0. The van der Waals surface area contributed by atoms with E-state index in [2.05, 4.69) is 57.1 Å². The Bertz CT molecular complexity index is 1050. The number of tetrazole rings is 1. The smallest absolute Gasteiger partial charge is 0.326 e. The first kappa shape index (κ1) is 24.3. The maximum absolute atomic E-state index is 11.6. The number of benzene rings is 2. The summed E-state index contributed by atoms with van der Waals surface area (Å²) in [7, 11) is 0. The molecule has 8 nitrogen and oxygen atoms in total. The van der Waals surface area contributed by atoms with Crippen molar-refractivity contribution in [2.75, 3.05) is 6.54 Å². The van der Waals surface area contributed by atoms with Crippen molar-refractivity contribution in [2.45, 2.75) is 46.2 Å². The summed E-state index contributed by atoms with van der Waals surface area (Å²) in [6, 6.07) is 15.5. The molecule has 0 radical (unpaired) electrons. The van der Waals surface area contributed by atoms with Crippen LogP contribution < -0.4 is 5.32 Å². The van der Waals surface area contributed by atoms with Crippen LogP contribution in [0, 0.1) is 5.92 Å². The molecule has 1 unspecified atom stereocenters. The third kappa shape index (κ3) is 6.35. The van der Waals surface area contributed by atoms with E-state index in [0.717, 1.165) is 41.6 Å². The second-order valence-corrected chi connectivity index (χ2v) is 8.65. The van der Waals surface area contributed by atoms with E-state index in [1.165, 1.54) is 0 Å². The Labute approximate surface area is 199 Å². The number of thiocarbonyl (C=S) groups is 1. The van der Waals surface area contributed by atoms with Crippen molar-refractivity contribution in [1.29, 1.82) is 0 Å². The number of aromatic nitrogens is 4. The van der Waals surface area contributed by atoms with Gasteiger partial charge in [0.05, 0.1) is 0 Å². The minimum absolute atomic E-state index is 0.0768. The van der Waals surface area contributed by atoms with Crippen LogP contribution in [0.1, 0.15) is 39.2 Å². The molecular formula is C24H30N6O2S. The molecule has 33 heavy (non-hydrogen) atoms. The molecule has 0 aliphatic rings. The molecule has 0 spiro atoms. The highest BCUT2D eigenvalue weighted by Gasteiger charge is 2.24. The van der Waals surface area contributed by atoms with Gasteiger partial charge in [0.2, 0.25) is 5.82 Å². The van der Waals surface area contributed by atoms with E-state index in [9.17, 15) is 9.90 Å². The second-order valence-electron chi connectivity index (χ2n) is 8.26. The molecule has 3 N–H and O–H groups in total. The lowest BCUT2D eigenvalue weighted by molar-refractivity contribution is -0.140. The molecule has 0 aliphatic carbocycles. The zero-order valence-electron chi connectivity index (χ0n) is 19.2. The number of aromatic amines is 1. The fraction of sp³-hybridized carbons (Fsp3) is 0.375. The fourth-order valence-electron chi connectivity index (χ4n) is 3.56. The maximum atomic E-state index is 11.6. The lowest BCUT2D eigenvalue weighted by Crippen LogP contribution is -2.50. The third-order valence-corrected chi connectivity index (χ3v) is 5.81. The number of nitrogens with one attached hydrogen (secondary N) is 2. The van der Waals surface area contributed by atoms with Crippen LogP contribution >= 0.6 is 12.2 Å². The van der Waals surface area contributed by atoms with Crippen molar-refractivity contribution in [3.63, 3.8) is 0 Å². The number of nitrogens with zero attached hydrogens (tertiary/aromatic N) is 4. The predicted molar refractivity (Wildman–Crippen MR) is 132 cm³/mol. The van der Waals surface area contributed by atoms with Gasteiger partial charge in [-0.25, -0.2) is 4.79 Å². The highest BCUT2D eigenvalue weighted by Crippen LogP contribution is 2.29. The largest absolute Gasteiger partial charge is 0.480 e. The molecule has 2 aromatic carbocycles. The van der Waals surface area contributed by atoms with E-state index in [1.54, 1.807) is 0 Å². The summed E-state index contributed by atoms with van der Waals surface area (Å²) in [5.74, 6) is -0.422. The number of hydrogen-bond donors (Lipinski definition) is 3. The van der Waals surface area contributed by atoms with Crippen molar-refractivity contribution in [2.24, 2.45) is 5.92 Å². The van der Waals surface area contributed by atoms with E-state index in [-0.39, 0.29) is 5.92 Å². The summed E-state index contributed by atoms with van der Waals surface area (Å²) in [6.45, 7) is 7.23. The zero-order chi connectivity index (χ0) is 23.8. The SMILES string of the molecule is CCCCN(Cc1ccc(-c2ccccc2-c2nn[nH]n2)cc1)C(=S)NC(C(=O)O)C(C)C. The molecule has 3 aromatic rings. The third-order valence-electron chi connectivity index (χ3n) is 5.43. The van der Waals surface area contributed by atoms with Gasteiger partial charge in [-0.15, -0.1) is 10.2 Å². The zero-order valence-corrected chi connectivity index (χ0v) is 20.0. The Kier molecular flexibility index (Phi) is 8.48. The Balaban J connectivity index is 1.78. The van der Waals surface area contributed by atoms with Gasteiger partial charge in [0.1, 0.15) is 6.04 Å². The lowest BCUT2D eigenvalue weighted by Gasteiger charge is -2.29. The summed E-state index contributed by atoms with van der Waals surface area (Å²) >= 11 is 5.60. The predicted octanol–water partition coefficient (Wildman–Crippen LogP) is 4.12. The monoisotopic (exact) mass is 466 g/mol. The summed E-state index contributed by atoms with van der Waals surface area (Å²) in [5, 5.41) is 27.4. The molecule has 0 bridgehead atoms. The number of hydrogen-bond acceptors (Lipinski definition) is 5. The maximum Gasteiger partial charge on any atom is 0.326 e. The fourth-order valence-corrected chi connectivity index (χ4v) is 3.84. The Morgan fingerprint density at radius 3 is 2.42 bits per heavy atom. The average molecular weight is 467 g/mol. The molecule has 0 aliphatic heterocycles. The quantitative estimate of drug-likeness (QED) is 0.383. The van der Waals surface area contributed by atoms with Gasteiger partial charge in [-0.1, -0.05) is 75.7 Å². The summed E-state index contributed by atoms with van der Waals surface area (Å²) in [4.78, 5) is 13.6. The molecule has 3 rings (SSSR count). The highest BCUT2D eigenvalue weighted by atomic mass is 32.1. The van der Waals surface area contributed by atoms with Crippen LogP contribution in [0.15, 0.2) is 48.5 Å². The van der Waals surface area contributed by atoms with E-state index in [1.807, 2.05) is 43.0 Å². The van der Waals surface area contributed by atoms with Crippen molar-refractivity contribution >= 4 is 23.3 Å². The number of unbranched alkanes of at least 4 members (excludes halogenated alkanes) is 1. The minimum Gasteiger partial charge on any atom is -0.480 e. The average Bonchev–Trinajstić information content (AvgIpc) is 3.35. The first-order valence-corrected chi connectivity index (χ1v) is 11.5. The Morgan fingerprint density at radius 1 is 1.15 bits per heavy atom. The van der Waals surface area contributed by atoms with E-state index in [0.29, 0.717) is 17.5 Å². The molecule has 0 amide bonds.